The predicted octanol–water partition coefficient (Wildman–Crippen LogP) is 5.08. The van der Waals surface area contributed by atoms with Crippen LogP contribution in [0.1, 0.15) is 24.8 Å². The molecule has 0 saturated carbocycles. The Balaban J connectivity index is 1.44. The molecule has 2 heterocycles. The number of benzene rings is 2. The molecule has 3 aromatic rings. The first-order valence-corrected chi connectivity index (χ1v) is 9.03. The number of aromatic nitrogens is 1. The summed E-state index contributed by atoms with van der Waals surface area (Å²) in [5.41, 5.74) is 1.49. The monoisotopic (exact) mass is 316 g/mol. The van der Waals surface area contributed by atoms with Crippen LogP contribution in [0.25, 0.3) is 10.8 Å². The molecule has 0 amide bonds. The third-order valence-corrected chi connectivity index (χ3v) is 5.19. The SMILES string of the molecule is c1ccc(N2CCCC(CCc3cccc4ccccc34)C2)nc1. The molecule has 4 rings (SSSR count). The van der Waals surface area contributed by atoms with Crippen LogP contribution in [0.5, 0.6) is 0 Å². The molecule has 1 saturated heterocycles. The van der Waals surface area contributed by atoms with Crippen LogP contribution in [0.15, 0.2) is 66.9 Å². The number of hydrogen-bond donors (Lipinski definition) is 0. The van der Waals surface area contributed by atoms with Gasteiger partial charge in [-0.25, -0.2) is 4.98 Å². The van der Waals surface area contributed by atoms with Crippen molar-refractivity contribution in [3.63, 3.8) is 0 Å². The van der Waals surface area contributed by atoms with Crippen molar-refractivity contribution in [2.75, 3.05) is 18.0 Å². The highest BCUT2D eigenvalue weighted by atomic mass is 15.2. The smallest absolute Gasteiger partial charge is 0.128 e. The summed E-state index contributed by atoms with van der Waals surface area (Å²) < 4.78 is 0. The van der Waals surface area contributed by atoms with Crippen LogP contribution in [0, 0.1) is 5.92 Å². The van der Waals surface area contributed by atoms with Crippen molar-refractivity contribution >= 4 is 16.6 Å². The average Bonchev–Trinajstić information content (AvgIpc) is 2.67. The number of nitrogens with zero attached hydrogens (tertiary/aromatic N) is 2. The third kappa shape index (κ3) is 3.28. The van der Waals surface area contributed by atoms with Gasteiger partial charge in [-0.3, -0.25) is 0 Å². The highest BCUT2D eigenvalue weighted by Gasteiger charge is 2.20. The number of hydrogen-bond acceptors (Lipinski definition) is 2. The zero-order valence-electron chi connectivity index (χ0n) is 14.1. The number of anilines is 1. The first-order chi connectivity index (χ1) is 11.9. The van der Waals surface area contributed by atoms with E-state index in [1.807, 2.05) is 12.3 Å². The highest BCUT2D eigenvalue weighted by molar-refractivity contribution is 5.85. The van der Waals surface area contributed by atoms with Gasteiger partial charge in [-0.05, 0) is 60.1 Å². The van der Waals surface area contributed by atoms with E-state index in [9.17, 15) is 0 Å². The van der Waals surface area contributed by atoms with Crippen molar-refractivity contribution in [1.82, 2.24) is 4.98 Å². The minimum Gasteiger partial charge on any atom is -0.356 e. The summed E-state index contributed by atoms with van der Waals surface area (Å²) in [5.74, 6) is 1.90. The largest absolute Gasteiger partial charge is 0.356 e. The molecular formula is C22H24N2. The van der Waals surface area contributed by atoms with Gasteiger partial charge in [-0.15, -0.1) is 0 Å². The van der Waals surface area contributed by atoms with Crippen LogP contribution in [-0.2, 0) is 6.42 Å². The van der Waals surface area contributed by atoms with Crippen molar-refractivity contribution in [2.24, 2.45) is 5.92 Å². The molecule has 2 nitrogen and oxygen atoms in total. The molecule has 0 aliphatic carbocycles. The first-order valence-electron chi connectivity index (χ1n) is 9.03. The summed E-state index contributed by atoms with van der Waals surface area (Å²) in [6.45, 7) is 2.28. The minimum atomic E-state index is 0.764. The summed E-state index contributed by atoms with van der Waals surface area (Å²) in [4.78, 5) is 6.98. The fraction of sp³-hybridized carbons (Fsp3) is 0.318. The summed E-state index contributed by atoms with van der Waals surface area (Å²) in [6.07, 6.45) is 6.94. The van der Waals surface area contributed by atoms with E-state index in [1.54, 1.807) is 0 Å². The summed E-state index contributed by atoms with van der Waals surface area (Å²) in [6, 6.07) is 21.6. The lowest BCUT2D eigenvalue weighted by molar-refractivity contribution is 0.390. The summed E-state index contributed by atoms with van der Waals surface area (Å²) in [5, 5.41) is 2.77. The van der Waals surface area contributed by atoms with Gasteiger partial charge in [-0.1, -0.05) is 48.5 Å². The lowest BCUT2D eigenvalue weighted by atomic mass is 9.90. The highest BCUT2D eigenvalue weighted by Crippen LogP contribution is 2.26. The molecular weight excluding hydrogens is 292 g/mol. The molecule has 122 valence electrons. The molecule has 1 aromatic heterocycles. The van der Waals surface area contributed by atoms with Gasteiger partial charge in [0, 0.05) is 19.3 Å². The normalized spacial score (nSPS) is 18.0. The Kier molecular flexibility index (Phi) is 4.46. The maximum absolute atomic E-state index is 4.52. The summed E-state index contributed by atoms with van der Waals surface area (Å²) >= 11 is 0. The van der Waals surface area contributed by atoms with Crippen LogP contribution in [0.3, 0.4) is 0 Å². The summed E-state index contributed by atoms with van der Waals surface area (Å²) in [7, 11) is 0. The molecule has 0 spiro atoms. The van der Waals surface area contributed by atoms with Crippen LogP contribution in [0.4, 0.5) is 5.82 Å². The maximum Gasteiger partial charge on any atom is 0.128 e. The topological polar surface area (TPSA) is 16.1 Å². The van der Waals surface area contributed by atoms with Gasteiger partial charge in [-0.2, -0.15) is 0 Å². The van der Waals surface area contributed by atoms with Gasteiger partial charge in [0.15, 0.2) is 0 Å². The second-order valence-electron chi connectivity index (χ2n) is 6.82. The molecule has 1 unspecified atom stereocenters. The van der Waals surface area contributed by atoms with Gasteiger partial charge >= 0.3 is 0 Å². The Morgan fingerprint density at radius 3 is 2.75 bits per heavy atom. The number of aryl methyl sites for hydroxylation is 1. The second kappa shape index (κ2) is 7.04. The van der Waals surface area contributed by atoms with E-state index in [0.717, 1.165) is 24.8 Å². The van der Waals surface area contributed by atoms with Gasteiger partial charge in [0.1, 0.15) is 5.82 Å². The molecule has 2 heteroatoms. The number of piperidine rings is 1. The predicted molar refractivity (Wildman–Crippen MR) is 101 cm³/mol. The van der Waals surface area contributed by atoms with E-state index in [0.29, 0.717) is 0 Å². The lowest BCUT2D eigenvalue weighted by Crippen LogP contribution is -2.36. The van der Waals surface area contributed by atoms with Crippen LogP contribution >= 0.6 is 0 Å². The van der Waals surface area contributed by atoms with Crippen molar-refractivity contribution in [3.8, 4) is 0 Å². The van der Waals surface area contributed by atoms with Crippen LogP contribution in [0.2, 0.25) is 0 Å². The molecule has 2 aromatic carbocycles. The number of pyridine rings is 1. The van der Waals surface area contributed by atoms with Gasteiger partial charge in [0.05, 0.1) is 0 Å². The van der Waals surface area contributed by atoms with Crippen LogP contribution < -0.4 is 4.90 Å². The Hall–Kier alpha value is -2.35. The van der Waals surface area contributed by atoms with E-state index in [1.165, 1.54) is 42.0 Å². The van der Waals surface area contributed by atoms with Gasteiger partial charge < -0.3 is 4.90 Å². The van der Waals surface area contributed by atoms with Crippen molar-refractivity contribution in [3.05, 3.63) is 72.4 Å². The Morgan fingerprint density at radius 2 is 1.83 bits per heavy atom. The fourth-order valence-electron chi connectivity index (χ4n) is 3.92. The standard InChI is InChI=1S/C22H24N2/c1-2-11-21-19(8-1)9-5-10-20(21)14-13-18-7-6-16-24(17-18)22-12-3-4-15-23-22/h1-5,8-12,15,18H,6-7,13-14,16-17H2. The van der Waals surface area contributed by atoms with Crippen LogP contribution in [-0.4, -0.2) is 18.1 Å². The molecule has 1 aliphatic heterocycles. The van der Waals surface area contributed by atoms with E-state index in [4.69, 9.17) is 0 Å². The molecule has 0 N–H and O–H groups in total. The Labute approximate surface area is 144 Å². The lowest BCUT2D eigenvalue weighted by Gasteiger charge is -2.33. The first kappa shape index (κ1) is 15.2. The van der Waals surface area contributed by atoms with Gasteiger partial charge in [0.25, 0.3) is 0 Å². The third-order valence-electron chi connectivity index (χ3n) is 5.19. The fourth-order valence-corrected chi connectivity index (χ4v) is 3.92. The Morgan fingerprint density at radius 1 is 0.958 bits per heavy atom. The van der Waals surface area contributed by atoms with E-state index in [2.05, 4.69) is 64.5 Å². The second-order valence-corrected chi connectivity index (χ2v) is 6.82. The zero-order valence-corrected chi connectivity index (χ0v) is 14.1. The molecule has 1 atom stereocenters. The number of rotatable bonds is 4. The Bertz CT molecular complexity index is 792. The average molecular weight is 316 g/mol. The molecule has 24 heavy (non-hydrogen) atoms. The molecule has 0 bridgehead atoms. The number of fused-ring (bicyclic) bond motifs is 1. The zero-order chi connectivity index (χ0) is 16.2. The van der Waals surface area contributed by atoms with E-state index >= 15 is 0 Å². The molecule has 1 fully saturated rings. The van der Waals surface area contributed by atoms with Crippen molar-refractivity contribution < 1.29 is 0 Å². The maximum atomic E-state index is 4.52. The van der Waals surface area contributed by atoms with Gasteiger partial charge in [0.2, 0.25) is 0 Å². The van der Waals surface area contributed by atoms with E-state index < -0.39 is 0 Å². The minimum absolute atomic E-state index is 0.764. The molecule has 1 aliphatic rings. The van der Waals surface area contributed by atoms with Crippen molar-refractivity contribution in [2.45, 2.75) is 25.7 Å². The quantitative estimate of drug-likeness (QED) is 0.667. The van der Waals surface area contributed by atoms with Crippen molar-refractivity contribution in [1.29, 1.82) is 0 Å². The van der Waals surface area contributed by atoms with E-state index in [-0.39, 0.29) is 0 Å². The molecule has 0 radical (unpaired) electrons.